The summed E-state index contributed by atoms with van der Waals surface area (Å²) in [6, 6.07) is 0. The Morgan fingerprint density at radius 1 is 1.60 bits per heavy atom. The van der Waals surface area contributed by atoms with Gasteiger partial charge in [0.2, 0.25) is 5.91 Å². The number of thioether (sulfide) groups is 1. The fourth-order valence-corrected chi connectivity index (χ4v) is 2.44. The number of carbonyl (C=O) groups is 3. The highest BCUT2D eigenvalue weighted by Gasteiger charge is 2.48. The number of nitrogens with zero attached hydrogens (tertiary/aromatic N) is 1. The van der Waals surface area contributed by atoms with Gasteiger partial charge in [-0.3, -0.25) is 14.5 Å². The second-order valence-electron chi connectivity index (χ2n) is 3.61. The number of aliphatic carboxylic acids is 1. The van der Waals surface area contributed by atoms with Gasteiger partial charge < -0.3 is 5.11 Å². The molecule has 1 atom stereocenters. The molecule has 1 saturated heterocycles. The van der Waals surface area contributed by atoms with Crippen molar-refractivity contribution in [2.75, 3.05) is 5.75 Å². The largest absolute Gasteiger partial charge is 0.479 e. The number of hydrogen-bond acceptors (Lipinski definition) is 4. The minimum absolute atomic E-state index is 0.0470. The first-order valence-electron chi connectivity index (χ1n) is 4.66. The number of carboxylic acids is 1. The maximum absolute atomic E-state index is 11.4. The SMILES string of the molecule is CCCC(C)(C(=O)O)N1C(=O)CSC1=O. The number of imide groups is 1. The summed E-state index contributed by atoms with van der Waals surface area (Å²) in [5.74, 6) is -1.50. The van der Waals surface area contributed by atoms with E-state index in [4.69, 9.17) is 5.11 Å². The van der Waals surface area contributed by atoms with Gasteiger partial charge in [-0.25, -0.2) is 4.79 Å². The molecule has 15 heavy (non-hydrogen) atoms. The third kappa shape index (κ3) is 1.99. The van der Waals surface area contributed by atoms with Gasteiger partial charge in [0.15, 0.2) is 0 Å². The highest BCUT2D eigenvalue weighted by atomic mass is 32.2. The van der Waals surface area contributed by atoms with Crippen LogP contribution >= 0.6 is 11.8 Å². The van der Waals surface area contributed by atoms with E-state index in [-0.39, 0.29) is 12.2 Å². The van der Waals surface area contributed by atoms with Crippen LogP contribution in [0.1, 0.15) is 26.7 Å². The Morgan fingerprint density at radius 3 is 2.53 bits per heavy atom. The lowest BCUT2D eigenvalue weighted by Gasteiger charge is -2.32. The molecule has 1 unspecified atom stereocenters. The topological polar surface area (TPSA) is 74.7 Å². The third-order valence-corrected chi connectivity index (χ3v) is 3.26. The number of hydrogen-bond donors (Lipinski definition) is 1. The highest BCUT2D eigenvalue weighted by molar-refractivity contribution is 8.14. The molecule has 1 heterocycles. The molecule has 0 aliphatic carbocycles. The molecule has 6 heteroatoms. The quantitative estimate of drug-likeness (QED) is 0.789. The second-order valence-corrected chi connectivity index (χ2v) is 4.54. The molecule has 0 aromatic carbocycles. The average Bonchev–Trinajstić information content (AvgIpc) is 2.46. The van der Waals surface area contributed by atoms with Crippen molar-refractivity contribution in [3.05, 3.63) is 0 Å². The maximum Gasteiger partial charge on any atom is 0.329 e. The molecule has 1 aliphatic heterocycles. The summed E-state index contributed by atoms with van der Waals surface area (Å²) < 4.78 is 0. The first-order valence-corrected chi connectivity index (χ1v) is 5.65. The molecule has 2 amide bonds. The lowest BCUT2D eigenvalue weighted by atomic mass is 9.94. The van der Waals surface area contributed by atoms with Crippen molar-refractivity contribution in [1.82, 2.24) is 4.90 Å². The Labute approximate surface area is 91.8 Å². The van der Waals surface area contributed by atoms with Crippen LogP contribution in [0, 0.1) is 0 Å². The Balaban J connectivity index is 3.03. The van der Waals surface area contributed by atoms with Gasteiger partial charge in [0.25, 0.3) is 5.24 Å². The molecule has 1 fully saturated rings. The predicted molar refractivity (Wildman–Crippen MR) is 55.6 cm³/mol. The van der Waals surface area contributed by atoms with Crippen molar-refractivity contribution in [3.63, 3.8) is 0 Å². The van der Waals surface area contributed by atoms with E-state index in [1.165, 1.54) is 6.92 Å². The fourth-order valence-electron chi connectivity index (χ4n) is 1.63. The number of carbonyl (C=O) groups excluding carboxylic acids is 2. The summed E-state index contributed by atoms with van der Waals surface area (Å²) >= 11 is 0.858. The molecule has 1 aliphatic rings. The monoisotopic (exact) mass is 231 g/mol. The summed E-state index contributed by atoms with van der Waals surface area (Å²) in [4.78, 5) is 34.9. The van der Waals surface area contributed by atoms with Crippen LogP contribution in [-0.2, 0) is 9.59 Å². The molecule has 0 bridgehead atoms. The van der Waals surface area contributed by atoms with E-state index >= 15 is 0 Å². The lowest BCUT2D eigenvalue weighted by Crippen LogP contribution is -2.54. The van der Waals surface area contributed by atoms with Crippen LogP contribution in [0.15, 0.2) is 0 Å². The summed E-state index contributed by atoms with van der Waals surface area (Å²) in [7, 11) is 0. The summed E-state index contributed by atoms with van der Waals surface area (Å²) in [6.07, 6.45) is 0.880. The molecule has 0 spiro atoms. The molecule has 0 aromatic rings. The Hall–Kier alpha value is -1.04. The van der Waals surface area contributed by atoms with Gasteiger partial charge in [-0.15, -0.1) is 0 Å². The van der Waals surface area contributed by atoms with Crippen molar-refractivity contribution in [2.24, 2.45) is 0 Å². The maximum atomic E-state index is 11.4. The van der Waals surface area contributed by atoms with Crippen LogP contribution in [0.5, 0.6) is 0 Å². The van der Waals surface area contributed by atoms with Crippen LogP contribution in [-0.4, -0.2) is 38.4 Å². The molecule has 84 valence electrons. The van der Waals surface area contributed by atoms with Gasteiger partial charge in [-0.1, -0.05) is 25.1 Å². The van der Waals surface area contributed by atoms with Crippen molar-refractivity contribution in [1.29, 1.82) is 0 Å². The normalized spacial score (nSPS) is 20.5. The van der Waals surface area contributed by atoms with Gasteiger partial charge in [-0.05, 0) is 13.3 Å². The van der Waals surface area contributed by atoms with Crippen LogP contribution in [0.3, 0.4) is 0 Å². The van der Waals surface area contributed by atoms with Crippen LogP contribution < -0.4 is 0 Å². The molecule has 0 aromatic heterocycles. The number of amides is 2. The summed E-state index contributed by atoms with van der Waals surface area (Å²) in [5.41, 5.74) is -1.40. The van der Waals surface area contributed by atoms with Crippen molar-refractivity contribution in [2.45, 2.75) is 32.2 Å². The van der Waals surface area contributed by atoms with E-state index in [2.05, 4.69) is 0 Å². The number of carboxylic acid groups (broad SMARTS) is 1. The minimum atomic E-state index is -1.40. The van der Waals surface area contributed by atoms with Gasteiger partial charge in [0.1, 0.15) is 5.54 Å². The smallest absolute Gasteiger partial charge is 0.329 e. The first kappa shape index (κ1) is 12.0. The van der Waals surface area contributed by atoms with Crippen LogP contribution in [0.25, 0.3) is 0 Å². The Kier molecular flexibility index (Phi) is 3.38. The predicted octanol–water partition coefficient (Wildman–Crippen LogP) is 1.33. The highest BCUT2D eigenvalue weighted by Crippen LogP contribution is 2.31. The third-order valence-electron chi connectivity index (χ3n) is 2.44. The van der Waals surface area contributed by atoms with Gasteiger partial charge in [0.05, 0.1) is 5.75 Å². The zero-order chi connectivity index (χ0) is 11.6. The first-order chi connectivity index (χ1) is 6.93. The fraction of sp³-hybridized carbons (Fsp3) is 0.667. The van der Waals surface area contributed by atoms with E-state index in [0.29, 0.717) is 6.42 Å². The van der Waals surface area contributed by atoms with Gasteiger partial charge in [-0.2, -0.15) is 0 Å². The minimum Gasteiger partial charge on any atom is -0.479 e. The average molecular weight is 231 g/mol. The van der Waals surface area contributed by atoms with E-state index in [9.17, 15) is 14.4 Å². The van der Waals surface area contributed by atoms with Crippen LogP contribution in [0.2, 0.25) is 0 Å². The lowest BCUT2D eigenvalue weighted by molar-refractivity contribution is -0.153. The summed E-state index contributed by atoms with van der Waals surface area (Å²) in [6.45, 7) is 3.24. The molecule has 1 N–H and O–H groups in total. The van der Waals surface area contributed by atoms with E-state index < -0.39 is 22.7 Å². The molecule has 0 radical (unpaired) electrons. The molecule has 5 nitrogen and oxygen atoms in total. The van der Waals surface area contributed by atoms with E-state index in [0.717, 1.165) is 16.7 Å². The van der Waals surface area contributed by atoms with Crippen molar-refractivity contribution in [3.8, 4) is 0 Å². The van der Waals surface area contributed by atoms with Crippen molar-refractivity contribution < 1.29 is 19.5 Å². The second kappa shape index (κ2) is 4.22. The zero-order valence-corrected chi connectivity index (χ0v) is 9.47. The van der Waals surface area contributed by atoms with Gasteiger partial charge >= 0.3 is 5.97 Å². The Bertz CT molecular complexity index is 301. The molecule has 1 rings (SSSR count). The van der Waals surface area contributed by atoms with E-state index in [1.54, 1.807) is 0 Å². The summed E-state index contributed by atoms with van der Waals surface area (Å²) in [5, 5.41) is 8.64. The Morgan fingerprint density at radius 2 is 2.20 bits per heavy atom. The molecule has 0 saturated carbocycles. The zero-order valence-electron chi connectivity index (χ0n) is 8.65. The van der Waals surface area contributed by atoms with Gasteiger partial charge in [0, 0.05) is 0 Å². The molecular weight excluding hydrogens is 218 g/mol. The number of rotatable bonds is 4. The van der Waals surface area contributed by atoms with Crippen LogP contribution in [0.4, 0.5) is 4.79 Å². The van der Waals surface area contributed by atoms with Crippen molar-refractivity contribution >= 4 is 28.9 Å². The van der Waals surface area contributed by atoms with E-state index in [1.807, 2.05) is 6.92 Å². The standard InChI is InChI=1S/C9H13NO4S/c1-3-4-9(2,7(12)13)10-6(11)5-15-8(10)14/h3-5H2,1-2H3,(H,12,13). The molecular formula is C9H13NO4S.